The van der Waals surface area contributed by atoms with Gasteiger partial charge in [-0.2, -0.15) is 0 Å². The topological polar surface area (TPSA) is 82.7 Å². The minimum Gasteiger partial charge on any atom is -0.476 e. The number of anilines is 1. The maximum Gasteiger partial charge on any atom is 0.243 e. The molecule has 0 saturated heterocycles. The van der Waals surface area contributed by atoms with Crippen LogP contribution >= 0.6 is 22.9 Å². The monoisotopic (exact) mass is 435 g/mol. The molecule has 1 heterocycles. The van der Waals surface area contributed by atoms with Crippen molar-refractivity contribution in [3.63, 3.8) is 0 Å². The van der Waals surface area contributed by atoms with Crippen molar-refractivity contribution in [1.29, 1.82) is 5.41 Å². The highest BCUT2D eigenvalue weighted by molar-refractivity contribution is 7.20. The number of aromatic nitrogens is 1. The Balaban J connectivity index is 2.02. The van der Waals surface area contributed by atoms with Crippen LogP contribution in [0.4, 0.5) is 20.2 Å². The van der Waals surface area contributed by atoms with Gasteiger partial charge >= 0.3 is 0 Å². The largest absolute Gasteiger partial charge is 0.476 e. The van der Waals surface area contributed by atoms with E-state index in [1.54, 1.807) is 19.1 Å². The summed E-state index contributed by atoms with van der Waals surface area (Å²) in [7, 11) is 0. The number of hydrogen-bond acceptors (Lipinski definition) is 6. The third kappa shape index (κ3) is 4.57. The van der Waals surface area contributed by atoms with Crippen LogP contribution < -0.4 is 5.32 Å². The van der Waals surface area contributed by atoms with Crippen molar-refractivity contribution in [3.05, 3.63) is 51.5 Å². The third-order valence-corrected chi connectivity index (χ3v) is 5.31. The molecule has 2 N–H and O–H groups in total. The fraction of sp³-hybridized carbons (Fsp3) is 0.158. The van der Waals surface area contributed by atoms with Crippen LogP contribution in [-0.2, 0) is 11.3 Å². The number of nitrogens with one attached hydrogen (secondary N) is 2. The van der Waals surface area contributed by atoms with Crippen molar-refractivity contribution in [2.75, 3.05) is 11.9 Å². The second-order valence-corrected chi connectivity index (χ2v) is 7.13. The second-order valence-electron chi connectivity index (χ2n) is 5.72. The average Bonchev–Trinajstić information content (AvgIpc) is 3.13. The smallest absolute Gasteiger partial charge is 0.243 e. The first-order valence-electron chi connectivity index (χ1n) is 8.45. The molecular formula is C19H16ClF2N5OS. The Labute approximate surface area is 174 Å². The number of ether oxygens (including phenoxy) is 1. The molecule has 0 aliphatic heterocycles. The van der Waals surface area contributed by atoms with Crippen molar-refractivity contribution in [2.45, 2.75) is 13.5 Å². The van der Waals surface area contributed by atoms with Gasteiger partial charge in [-0.05, 0) is 31.8 Å². The number of thiazole rings is 1. The summed E-state index contributed by atoms with van der Waals surface area (Å²) in [5.74, 6) is -2.05. The molecule has 3 rings (SSSR count). The Hall–Kier alpha value is -2.91. The molecule has 0 spiro atoms. The highest BCUT2D eigenvalue weighted by Gasteiger charge is 2.16. The lowest BCUT2D eigenvalue weighted by Gasteiger charge is -2.11. The second kappa shape index (κ2) is 9.06. The first kappa shape index (κ1) is 20.8. The highest BCUT2D eigenvalue weighted by atomic mass is 35.5. The van der Waals surface area contributed by atoms with Gasteiger partial charge in [-0.25, -0.2) is 18.8 Å². The normalized spacial score (nSPS) is 11.2. The van der Waals surface area contributed by atoms with Gasteiger partial charge in [-0.3, -0.25) is 10.4 Å². The number of fused-ring (bicyclic) bond motifs is 1. The fourth-order valence-electron chi connectivity index (χ4n) is 2.58. The van der Waals surface area contributed by atoms with Gasteiger partial charge in [0.1, 0.15) is 6.34 Å². The number of aliphatic imine (C=N–C) groups is 2. The molecule has 0 fully saturated rings. The molecule has 0 amide bonds. The van der Waals surface area contributed by atoms with Crippen molar-refractivity contribution >= 4 is 63.5 Å². The van der Waals surface area contributed by atoms with Crippen LogP contribution in [0.2, 0.25) is 5.02 Å². The summed E-state index contributed by atoms with van der Waals surface area (Å²) >= 11 is 7.29. The SMILES string of the molecule is C=N/C=N\c1ccc2nc(C(=N)OCC)sc2c1CNc1cc(F)c(F)cc1Cl. The van der Waals surface area contributed by atoms with Crippen LogP contribution in [0.3, 0.4) is 0 Å². The van der Waals surface area contributed by atoms with Crippen molar-refractivity contribution in [1.82, 2.24) is 4.98 Å². The summed E-state index contributed by atoms with van der Waals surface area (Å²) in [6.45, 7) is 5.73. The molecule has 1 aromatic heterocycles. The first-order valence-corrected chi connectivity index (χ1v) is 9.65. The van der Waals surface area contributed by atoms with E-state index in [0.717, 1.165) is 22.4 Å². The molecule has 0 radical (unpaired) electrons. The lowest BCUT2D eigenvalue weighted by atomic mass is 10.1. The van der Waals surface area contributed by atoms with Crippen LogP contribution in [0.5, 0.6) is 0 Å². The van der Waals surface area contributed by atoms with Crippen LogP contribution in [0, 0.1) is 17.0 Å². The molecular weight excluding hydrogens is 420 g/mol. The van der Waals surface area contributed by atoms with Gasteiger partial charge in [0.25, 0.3) is 0 Å². The van der Waals surface area contributed by atoms with E-state index < -0.39 is 11.6 Å². The van der Waals surface area contributed by atoms with E-state index >= 15 is 0 Å². The van der Waals surface area contributed by atoms with Gasteiger partial charge in [-0.1, -0.05) is 11.6 Å². The maximum absolute atomic E-state index is 13.6. The van der Waals surface area contributed by atoms with Gasteiger partial charge < -0.3 is 10.1 Å². The molecule has 10 heteroatoms. The first-order chi connectivity index (χ1) is 13.9. The highest BCUT2D eigenvalue weighted by Crippen LogP contribution is 2.34. The van der Waals surface area contributed by atoms with Crippen molar-refractivity contribution in [3.8, 4) is 0 Å². The molecule has 0 aliphatic rings. The zero-order chi connectivity index (χ0) is 21.0. The summed E-state index contributed by atoms with van der Waals surface area (Å²) in [5.41, 5.74) is 2.23. The molecule has 6 nitrogen and oxygen atoms in total. The van der Waals surface area contributed by atoms with E-state index in [4.69, 9.17) is 21.7 Å². The van der Waals surface area contributed by atoms with E-state index in [0.29, 0.717) is 22.8 Å². The van der Waals surface area contributed by atoms with E-state index in [9.17, 15) is 8.78 Å². The van der Waals surface area contributed by atoms with Gasteiger partial charge in [0.15, 0.2) is 16.6 Å². The van der Waals surface area contributed by atoms with Crippen molar-refractivity contribution in [2.24, 2.45) is 9.98 Å². The van der Waals surface area contributed by atoms with E-state index in [2.05, 4.69) is 27.0 Å². The predicted octanol–water partition coefficient (Wildman–Crippen LogP) is 5.56. The minimum atomic E-state index is -1.02. The van der Waals surface area contributed by atoms with Crippen LogP contribution in [0.15, 0.2) is 34.3 Å². The molecule has 0 unspecified atom stereocenters. The maximum atomic E-state index is 13.6. The van der Waals surface area contributed by atoms with Crippen molar-refractivity contribution < 1.29 is 13.5 Å². The quantitative estimate of drug-likeness (QED) is 0.289. The molecule has 29 heavy (non-hydrogen) atoms. The standard InChI is InChI=1S/C19H16ClF2N5OS/c1-3-28-18(23)19-27-15-5-4-14(26-9-24-2)10(17(15)29-19)8-25-16-7-13(22)12(21)6-11(16)20/h4-7,9,23,25H,2-3,8H2,1H3/b23-18?,26-9-. The summed E-state index contributed by atoms with van der Waals surface area (Å²) in [4.78, 5) is 12.3. The molecule has 2 aromatic carbocycles. The summed E-state index contributed by atoms with van der Waals surface area (Å²) in [6.07, 6.45) is 1.30. The lowest BCUT2D eigenvalue weighted by molar-refractivity contribution is 0.325. The van der Waals surface area contributed by atoms with Crippen LogP contribution in [0.1, 0.15) is 17.5 Å². The summed E-state index contributed by atoms with van der Waals surface area (Å²) in [5, 5.41) is 11.5. The molecule has 0 aliphatic carbocycles. The number of benzene rings is 2. The average molecular weight is 436 g/mol. The van der Waals surface area contributed by atoms with Gasteiger partial charge in [0.05, 0.1) is 33.2 Å². The van der Waals surface area contributed by atoms with E-state index in [1.165, 1.54) is 17.7 Å². The molecule has 150 valence electrons. The number of hydrogen-bond donors (Lipinski definition) is 2. The number of nitrogens with zero attached hydrogens (tertiary/aromatic N) is 3. The van der Waals surface area contributed by atoms with Gasteiger partial charge in [0.2, 0.25) is 5.90 Å². The summed E-state index contributed by atoms with van der Waals surface area (Å²) in [6, 6.07) is 5.43. The van der Waals surface area contributed by atoms with Gasteiger partial charge in [-0.15, -0.1) is 11.3 Å². The minimum absolute atomic E-state index is 0.0194. The number of rotatable bonds is 7. The Bertz CT molecular complexity index is 1120. The third-order valence-electron chi connectivity index (χ3n) is 3.86. The van der Waals surface area contributed by atoms with Gasteiger partial charge in [0, 0.05) is 18.2 Å². The molecule has 0 bridgehead atoms. The number of halogens is 3. The summed E-state index contributed by atoms with van der Waals surface area (Å²) < 4.78 is 32.9. The fourth-order valence-corrected chi connectivity index (χ4v) is 3.80. The Morgan fingerprint density at radius 3 is 2.86 bits per heavy atom. The zero-order valence-corrected chi connectivity index (χ0v) is 16.9. The van der Waals surface area contributed by atoms with E-state index in [-0.39, 0.29) is 23.2 Å². The molecule has 0 saturated carbocycles. The Kier molecular flexibility index (Phi) is 6.50. The Morgan fingerprint density at radius 1 is 1.38 bits per heavy atom. The van der Waals surface area contributed by atoms with E-state index in [1.807, 2.05) is 0 Å². The predicted molar refractivity (Wildman–Crippen MR) is 114 cm³/mol. The molecule has 0 atom stereocenters. The van der Waals surface area contributed by atoms with Crippen LogP contribution in [-0.4, -0.2) is 30.5 Å². The molecule has 3 aromatic rings. The Morgan fingerprint density at radius 2 is 2.14 bits per heavy atom. The van der Waals surface area contributed by atoms with Crippen LogP contribution in [0.25, 0.3) is 10.2 Å². The zero-order valence-electron chi connectivity index (χ0n) is 15.3. The lowest BCUT2D eigenvalue weighted by Crippen LogP contribution is -2.03.